The number of nitrogens with zero attached hydrogens (tertiary/aromatic N) is 1. The summed E-state index contributed by atoms with van der Waals surface area (Å²) in [5.74, 6) is -3.72. The zero-order valence-corrected chi connectivity index (χ0v) is 19.2. The highest BCUT2D eigenvalue weighted by Crippen LogP contribution is 2.41. The standard InChI is InChI=1S/C25H18F6N2O5/c26-17-8-6-14(12-15(17)23(35)36)22-16(24(27,28)29)7-10-20(33-22)32-21(34)4-2-1-3-13-5-9-18-19(11-13)38-25(30,31)37-18/h5-12H,1-4H2,(H,35,36)(H,32,33,34). The van der Waals surface area contributed by atoms with Gasteiger partial charge in [-0.25, -0.2) is 14.2 Å². The number of pyridine rings is 1. The van der Waals surface area contributed by atoms with Crippen LogP contribution in [0.4, 0.5) is 32.2 Å². The summed E-state index contributed by atoms with van der Waals surface area (Å²) in [6, 6.07) is 8.40. The number of fused-ring (bicyclic) bond motifs is 1. The molecule has 1 aliphatic rings. The number of aryl methyl sites for hydroxylation is 1. The van der Waals surface area contributed by atoms with Gasteiger partial charge in [0.1, 0.15) is 11.6 Å². The van der Waals surface area contributed by atoms with E-state index in [9.17, 15) is 35.9 Å². The Balaban J connectivity index is 1.40. The van der Waals surface area contributed by atoms with Crippen molar-refractivity contribution in [2.75, 3.05) is 5.32 Å². The number of halogens is 6. The minimum absolute atomic E-state index is 0.0135. The summed E-state index contributed by atoms with van der Waals surface area (Å²) in [6.07, 6.45) is -7.30. The number of anilines is 1. The number of carbonyl (C=O) groups is 2. The number of carboxylic acid groups (broad SMARTS) is 1. The van der Waals surface area contributed by atoms with E-state index in [2.05, 4.69) is 19.8 Å². The fraction of sp³-hybridized carbons (Fsp3) is 0.240. The number of hydrogen-bond donors (Lipinski definition) is 2. The van der Waals surface area contributed by atoms with E-state index in [1.54, 1.807) is 6.07 Å². The molecule has 2 aromatic carbocycles. The largest absolute Gasteiger partial charge is 0.586 e. The van der Waals surface area contributed by atoms with Crippen LogP contribution in [0.25, 0.3) is 11.3 Å². The van der Waals surface area contributed by atoms with Crippen molar-refractivity contribution < 1.29 is 50.5 Å². The van der Waals surface area contributed by atoms with E-state index in [1.807, 2.05) is 0 Å². The van der Waals surface area contributed by atoms with Gasteiger partial charge in [0.15, 0.2) is 11.5 Å². The molecule has 7 nitrogen and oxygen atoms in total. The number of benzene rings is 2. The van der Waals surface area contributed by atoms with Gasteiger partial charge in [-0.05, 0) is 67.3 Å². The third-order valence-corrected chi connectivity index (χ3v) is 5.52. The predicted molar refractivity (Wildman–Crippen MR) is 120 cm³/mol. The van der Waals surface area contributed by atoms with Crippen LogP contribution in [0.1, 0.15) is 40.7 Å². The van der Waals surface area contributed by atoms with Gasteiger partial charge in [0.2, 0.25) is 5.91 Å². The Morgan fingerprint density at radius 3 is 2.42 bits per heavy atom. The van der Waals surface area contributed by atoms with E-state index in [4.69, 9.17) is 5.11 Å². The highest BCUT2D eigenvalue weighted by atomic mass is 19.4. The Labute approximate surface area is 211 Å². The number of aromatic nitrogens is 1. The highest BCUT2D eigenvalue weighted by Gasteiger charge is 2.43. The van der Waals surface area contributed by atoms with Gasteiger partial charge in [-0.2, -0.15) is 13.2 Å². The fourth-order valence-corrected chi connectivity index (χ4v) is 3.78. The number of aromatic carboxylic acids is 1. The average Bonchev–Trinajstić information content (AvgIpc) is 3.14. The number of rotatable bonds is 8. The van der Waals surface area contributed by atoms with E-state index in [0.717, 1.165) is 24.3 Å². The van der Waals surface area contributed by atoms with Crippen LogP contribution < -0.4 is 14.8 Å². The lowest BCUT2D eigenvalue weighted by molar-refractivity contribution is -0.286. The van der Waals surface area contributed by atoms with Crippen molar-refractivity contribution in [2.45, 2.75) is 38.2 Å². The van der Waals surface area contributed by atoms with Crippen molar-refractivity contribution >= 4 is 17.7 Å². The molecule has 0 atom stereocenters. The summed E-state index contributed by atoms with van der Waals surface area (Å²) in [7, 11) is 0. The molecule has 1 aliphatic heterocycles. The van der Waals surface area contributed by atoms with Crippen LogP contribution >= 0.6 is 0 Å². The maximum absolute atomic E-state index is 13.7. The number of carboxylic acids is 1. The summed E-state index contributed by atoms with van der Waals surface area (Å²) in [4.78, 5) is 27.4. The summed E-state index contributed by atoms with van der Waals surface area (Å²) in [5, 5.41) is 11.5. The molecule has 0 unspecified atom stereocenters. The highest BCUT2D eigenvalue weighted by molar-refractivity contribution is 5.91. The van der Waals surface area contributed by atoms with Crippen molar-refractivity contribution in [3.05, 3.63) is 71.0 Å². The van der Waals surface area contributed by atoms with Gasteiger partial charge in [-0.3, -0.25) is 4.79 Å². The second kappa shape index (κ2) is 10.2. The van der Waals surface area contributed by atoms with Crippen LogP contribution in [0, 0.1) is 5.82 Å². The Morgan fingerprint density at radius 1 is 0.974 bits per heavy atom. The number of ether oxygens (including phenoxy) is 2. The minimum Gasteiger partial charge on any atom is -0.478 e. The molecule has 0 bridgehead atoms. The maximum Gasteiger partial charge on any atom is 0.586 e. The smallest absolute Gasteiger partial charge is 0.478 e. The molecular weight excluding hydrogens is 522 g/mol. The van der Waals surface area contributed by atoms with Gasteiger partial charge in [-0.1, -0.05) is 6.07 Å². The van der Waals surface area contributed by atoms with Crippen LogP contribution in [0.15, 0.2) is 48.5 Å². The summed E-state index contributed by atoms with van der Waals surface area (Å²) >= 11 is 0. The summed E-state index contributed by atoms with van der Waals surface area (Å²) in [5.41, 5.74) is -2.32. The van der Waals surface area contributed by atoms with E-state index >= 15 is 0 Å². The minimum atomic E-state index is -4.85. The average molecular weight is 540 g/mol. The van der Waals surface area contributed by atoms with Crippen molar-refractivity contribution in [1.29, 1.82) is 0 Å². The van der Waals surface area contributed by atoms with Gasteiger partial charge in [-0.15, -0.1) is 8.78 Å². The molecule has 2 heterocycles. The number of amides is 1. The van der Waals surface area contributed by atoms with Crippen molar-refractivity contribution in [3.8, 4) is 22.8 Å². The lowest BCUT2D eigenvalue weighted by atomic mass is 10.0. The van der Waals surface area contributed by atoms with E-state index in [0.29, 0.717) is 30.9 Å². The normalized spacial score (nSPS) is 13.8. The van der Waals surface area contributed by atoms with Crippen LogP contribution in [0.5, 0.6) is 11.5 Å². The van der Waals surface area contributed by atoms with Gasteiger partial charge < -0.3 is 19.9 Å². The van der Waals surface area contributed by atoms with Crippen LogP contribution in [-0.4, -0.2) is 28.3 Å². The molecule has 4 rings (SSSR count). The Bertz CT molecular complexity index is 1390. The number of alkyl halides is 5. The van der Waals surface area contributed by atoms with Crippen LogP contribution in [-0.2, 0) is 17.4 Å². The number of nitrogens with one attached hydrogen (secondary N) is 1. The van der Waals surface area contributed by atoms with Crippen molar-refractivity contribution in [1.82, 2.24) is 4.98 Å². The Hall–Kier alpha value is -4.29. The molecule has 38 heavy (non-hydrogen) atoms. The Kier molecular flexibility index (Phi) is 7.20. The van der Waals surface area contributed by atoms with Crippen LogP contribution in [0.2, 0.25) is 0 Å². The molecule has 0 radical (unpaired) electrons. The molecule has 2 N–H and O–H groups in total. The molecule has 200 valence electrons. The molecule has 0 saturated carbocycles. The predicted octanol–water partition coefficient (Wildman–Crippen LogP) is 6.28. The topological polar surface area (TPSA) is 97.8 Å². The van der Waals surface area contributed by atoms with Gasteiger partial charge in [0.25, 0.3) is 0 Å². The monoisotopic (exact) mass is 540 g/mol. The first-order valence-electron chi connectivity index (χ1n) is 11.1. The molecule has 0 aliphatic carbocycles. The lowest BCUT2D eigenvalue weighted by Gasteiger charge is -2.15. The summed E-state index contributed by atoms with van der Waals surface area (Å²) < 4.78 is 89.4. The molecule has 1 amide bonds. The fourth-order valence-electron chi connectivity index (χ4n) is 3.78. The maximum atomic E-state index is 13.7. The Morgan fingerprint density at radius 2 is 1.71 bits per heavy atom. The van der Waals surface area contributed by atoms with Gasteiger partial charge >= 0.3 is 18.4 Å². The zero-order valence-electron chi connectivity index (χ0n) is 19.2. The molecule has 0 saturated heterocycles. The van der Waals surface area contributed by atoms with E-state index < -0.39 is 47.0 Å². The first kappa shape index (κ1) is 26.8. The van der Waals surface area contributed by atoms with Gasteiger partial charge in [0.05, 0.1) is 16.8 Å². The molecule has 0 fully saturated rings. The molecular formula is C25H18F6N2O5. The molecule has 1 aromatic heterocycles. The molecule has 3 aromatic rings. The SMILES string of the molecule is O=C(CCCCc1ccc2c(c1)OC(F)(F)O2)Nc1ccc(C(F)(F)F)c(-c2ccc(F)c(C(=O)O)c2)n1. The van der Waals surface area contributed by atoms with Gasteiger partial charge in [0, 0.05) is 12.0 Å². The van der Waals surface area contributed by atoms with E-state index in [1.165, 1.54) is 12.1 Å². The van der Waals surface area contributed by atoms with E-state index in [-0.39, 0.29) is 29.3 Å². The van der Waals surface area contributed by atoms with Crippen LogP contribution in [0.3, 0.4) is 0 Å². The first-order valence-corrected chi connectivity index (χ1v) is 11.1. The zero-order chi connectivity index (χ0) is 27.7. The van der Waals surface area contributed by atoms with Crippen molar-refractivity contribution in [3.63, 3.8) is 0 Å². The third kappa shape index (κ3) is 6.15. The number of hydrogen-bond acceptors (Lipinski definition) is 5. The third-order valence-electron chi connectivity index (χ3n) is 5.52. The quantitative estimate of drug-likeness (QED) is 0.258. The second-order valence-electron chi connectivity index (χ2n) is 8.29. The second-order valence-corrected chi connectivity index (χ2v) is 8.29. The molecule has 0 spiro atoms. The number of carbonyl (C=O) groups excluding carboxylic acids is 1. The summed E-state index contributed by atoms with van der Waals surface area (Å²) in [6.45, 7) is 0. The first-order chi connectivity index (χ1) is 17.8. The molecule has 13 heteroatoms. The number of unbranched alkanes of at least 4 members (excludes halogenated alkanes) is 1. The lowest BCUT2D eigenvalue weighted by Crippen LogP contribution is -2.25. The van der Waals surface area contributed by atoms with Crippen molar-refractivity contribution in [2.24, 2.45) is 0 Å².